The standard InChI is InChI=1S/C13H23NO3S/c1-10-4-6-14(7-5-10)12(15)9-18-11(2)8-13(16)17-3/h10-11H,4-9H2,1-3H3. The molecule has 0 aliphatic carbocycles. The van der Waals surface area contributed by atoms with Gasteiger partial charge in [-0.25, -0.2) is 0 Å². The SMILES string of the molecule is COC(=O)CC(C)SCC(=O)N1CCC(C)CC1. The van der Waals surface area contributed by atoms with E-state index in [-0.39, 0.29) is 17.1 Å². The average Bonchev–Trinajstić information content (AvgIpc) is 2.36. The van der Waals surface area contributed by atoms with Crippen LogP contribution in [0.1, 0.15) is 33.1 Å². The van der Waals surface area contributed by atoms with Crippen LogP contribution in [0.15, 0.2) is 0 Å². The molecule has 0 saturated carbocycles. The van der Waals surface area contributed by atoms with E-state index in [1.165, 1.54) is 18.9 Å². The Morgan fingerprint density at radius 2 is 2.00 bits per heavy atom. The van der Waals surface area contributed by atoms with E-state index in [1.54, 1.807) is 0 Å². The van der Waals surface area contributed by atoms with Crippen molar-refractivity contribution in [1.29, 1.82) is 0 Å². The Bertz CT molecular complexity index is 288. The van der Waals surface area contributed by atoms with Gasteiger partial charge in [-0.15, -0.1) is 11.8 Å². The van der Waals surface area contributed by atoms with Gasteiger partial charge in [-0.1, -0.05) is 13.8 Å². The molecule has 1 atom stereocenters. The van der Waals surface area contributed by atoms with Crippen molar-refractivity contribution in [3.8, 4) is 0 Å². The molecule has 18 heavy (non-hydrogen) atoms. The van der Waals surface area contributed by atoms with Gasteiger partial charge in [-0.3, -0.25) is 9.59 Å². The van der Waals surface area contributed by atoms with Crippen LogP contribution >= 0.6 is 11.8 Å². The molecule has 0 bridgehead atoms. The first-order valence-electron chi connectivity index (χ1n) is 6.49. The van der Waals surface area contributed by atoms with Crippen molar-refractivity contribution in [3.63, 3.8) is 0 Å². The first-order valence-corrected chi connectivity index (χ1v) is 7.54. The lowest BCUT2D eigenvalue weighted by Gasteiger charge is -2.30. The molecule has 1 heterocycles. The lowest BCUT2D eigenvalue weighted by atomic mass is 9.99. The second-order valence-corrected chi connectivity index (χ2v) is 6.39. The van der Waals surface area contributed by atoms with Gasteiger partial charge in [0.1, 0.15) is 0 Å². The van der Waals surface area contributed by atoms with Gasteiger partial charge < -0.3 is 9.64 Å². The van der Waals surface area contributed by atoms with Crippen LogP contribution in [0.25, 0.3) is 0 Å². The van der Waals surface area contributed by atoms with E-state index in [2.05, 4.69) is 11.7 Å². The zero-order valence-electron chi connectivity index (χ0n) is 11.5. The molecule has 1 rings (SSSR count). The summed E-state index contributed by atoms with van der Waals surface area (Å²) in [6.07, 6.45) is 2.58. The summed E-state index contributed by atoms with van der Waals surface area (Å²) in [6.45, 7) is 5.94. The molecule has 1 saturated heterocycles. The quantitative estimate of drug-likeness (QED) is 0.718. The summed E-state index contributed by atoms with van der Waals surface area (Å²) in [4.78, 5) is 25.0. The van der Waals surface area contributed by atoms with Gasteiger partial charge in [0, 0.05) is 18.3 Å². The fourth-order valence-electron chi connectivity index (χ4n) is 1.94. The lowest BCUT2D eigenvalue weighted by Crippen LogP contribution is -2.39. The molecule has 0 aromatic rings. The number of hydrogen-bond acceptors (Lipinski definition) is 4. The van der Waals surface area contributed by atoms with Crippen molar-refractivity contribution in [3.05, 3.63) is 0 Å². The van der Waals surface area contributed by atoms with E-state index in [4.69, 9.17) is 0 Å². The number of carbonyl (C=O) groups excluding carboxylic acids is 2. The van der Waals surface area contributed by atoms with Crippen LogP contribution in [-0.2, 0) is 14.3 Å². The molecular weight excluding hydrogens is 250 g/mol. The Kier molecular flexibility index (Phi) is 6.54. The summed E-state index contributed by atoms with van der Waals surface area (Å²) in [6, 6.07) is 0. The van der Waals surface area contributed by atoms with Crippen LogP contribution in [0.4, 0.5) is 0 Å². The summed E-state index contributed by atoms with van der Waals surface area (Å²) in [7, 11) is 1.39. The van der Waals surface area contributed by atoms with Crippen LogP contribution in [-0.4, -0.2) is 48.0 Å². The largest absolute Gasteiger partial charge is 0.469 e. The highest BCUT2D eigenvalue weighted by atomic mass is 32.2. The van der Waals surface area contributed by atoms with E-state index < -0.39 is 0 Å². The molecule has 1 aliphatic heterocycles. The highest BCUT2D eigenvalue weighted by molar-refractivity contribution is 8.00. The minimum absolute atomic E-state index is 0.130. The molecule has 1 amide bonds. The van der Waals surface area contributed by atoms with Crippen molar-refractivity contribution in [2.75, 3.05) is 26.0 Å². The number of methoxy groups -OCH3 is 1. The molecule has 1 fully saturated rings. The normalized spacial score (nSPS) is 18.5. The Morgan fingerprint density at radius 3 is 2.56 bits per heavy atom. The van der Waals surface area contributed by atoms with Crippen molar-refractivity contribution in [1.82, 2.24) is 4.90 Å². The smallest absolute Gasteiger partial charge is 0.306 e. The van der Waals surface area contributed by atoms with Gasteiger partial charge >= 0.3 is 5.97 Å². The minimum Gasteiger partial charge on any atom is -0.469 e. The second kappa shape index (κ2) is 7.67. The number of nitrogens with zero attached hydrogens (tertiary/aromatic N) is 1. The molecule has 1 unspecified atom stereocenters. The van der Waals surface area contributed by atoms with E-state index in [0.29, 0.717) is 12.2 Å². The lowest BCUT2D eigenvalue weighted by molar-refractivity contribution is -0.140. The predicted octanol–water partition coefficient (Wildman–Crippen LogP) is 1.93. The number of esters is 1. The third kappa shape index (κ3) is 5.29. The molecular formula is C13H23NO3S. The third-order valence-corrected chi connectivity index (χ3v) is 4.46. The van der Waals surface area contributed by atoms with E-state index in [0.717, 1.165) is 31.8 Å². The summed E-state index contributed by atoms with van der Waals surface area (Å²) in [5, 5.41) is 0.130. The van der Waals surface area contributed by atoms with Crippen molar-refractivity contribution in [2.24, 2.45) is 5.92 Å². The van der Waals surface area contributed by atoms with Crippen molar-refractivity contribution < 1.29 is 14.3 Å². The first kappa shape index (κ1) is 15.3. The Hall–Kier alpha value is -0.710. The predicted molar refractivity (Wildman–Crippen MR) is 73.5 cm³/mol. The van der Waals surface area contributed by atoms with Gasteiger partial charge in [0.05, 0.1) is 19.3 Å². The van der Waals surface area contributed by atoms with Gasteiger partial charge in [-0.2, -0.15) is 0 Å². The number of thioether (sulfide) groups is 1. The van der Waals surface area contributed by atoms with Gasteiger partial charge in [0.15, 0.2) is 0 Å². The van der Waals surface area contributed by atoms with E-state index in [9.17, 15) is 9.59 Å². The van der Waals surface area contributed by atoms with Crippen LogP contribution in [0, 0.1) is 5.92 Å². The number of hydrogen-bond donors (Lipinski definition) is 0. The zero-order chi connectivity index (χ0) is 13.5. The fraction of sp³-hybridized carbons (Fsp3) is 0.846. The molecule has 104 valence electrons. The summed E-state index contributed by atoms with van der Waals surface area (Å²) in [5.74, 6) is 1.19. The zero-order valence-corrected chi connectivity index (χ0v) is 12.3. The number of carbonyl (C=O) groups is 2. The molecule has 0 spiro atoms. The molecule has 4 nitrogen and oxygen atoms in total. The third-order valence-electron chi connectivity index (χ3n) is 3.31. The molecule has 0 aromatic carbocycles. The highest BCUT2D eigenvalue weighted by Crippen LogP contribution is 2.19. The van der Waals surface area contributed by atoms with Crippen LogP contribution in [0.3, 0.4) is 0 Å². The summed E-state index contributed by atoms with van der Waals surface area (Å²) >= 11 is 1.53. The second-order valence-electron chi connectivity index (χ2n) is 4.97. The highest BCUT2D eigenvalue weighted by Gasteiger charge is 2.21. The van der Waals surface area contributed by atoms with Crippen LogP contribution < -0.4 is 0 Å². The van der Waals surface area contributed by atoms with Gasteiger partial charge in [0.2, 0.25) is 5.91 Å². The maximum Gasteiger partial charge on any atom is 0.306 e. The fourth-order valence-corrected chi connectivity index (χ4v) is 2.80. The molecule has 1 aliphatic rings. The number of piperidine rings is 1. The maximum atomic E-state index is 12.0. The molecule has 5 heteroatoms. The number of amides is 1. The minimum atomic E-state index is -0.214. The Labute approximate surface area is 113 Å². The Morgan fingerprint density at radius 1 is 1.39 bits per heavy atom. The van der Waals surface area contributed by atoms with Crippen molar-refractivity contribution >= 4 is 23.6 Å². The summed E-state index contributed by atoms with van der Waals surface area (Å²) in [5.41, 5.74) is 0. The van der Waals surface area contributed by atoms with Gasteiger partial charge in [0.25, 0.3) is 0 Å². The number of rotatable bonds is 5. The topological polar surface area (TPSA) is 46.6 Å². The van der Waals surface area contributed by atoms with Crippen molar-refractivity contribution in [2.45, 2.75) is 38.4 Å². The average molecular weight is 273 g/mol. The monoisotopic (exact) mass is 273 g/mol. The molecule has 0 N–H and O–H groups in total. The first-order chi connectivity index (χ1) is 8.52. The van der Waals surface area contributed by atoms with Gasteiger partial charge in [-0.05, 0) is 18.8 Å². The molecule has 0 radical (unpaired) electrons. The Balaban J connectivity index is 2.22. The van der Waals surface area contributed by atoms with Crippen LogP contribution in [0.2, 0.25) is 0 Å². The van der Waals surface area contributed by atoms with E-state index in [1.807, 2.05) is 11.8 Å². The maximum absolute atomic E-state index is 12.0. The summed E-state index contributed by atoms with van der Waals surface area (Å²) < 4.78 is 4.61. The van der Waals surface area contributed by atoms with Crippen LogP contribution in [0.5, 0.6) is 0 Å². The molecule has 0 aromatic heterocycles. The van der Waals surface area contributed by atoms with E-state index >= 15 is 0 Å². The number of ether oxygens (including phenoxy) is 1. The number of likely N-dealkylation sites (tertiary alicyclic amines) is 1.